The first kappa shape index (κ1) is 15.9. The van der Waals surface area contributed by atoms with Crippen LogP contribution in [0.4, 0.5) is 0 Å². The van der Waals surface area contributed by atoms with Crippen molar-refractivity contribution in [2.45, 2.75) is 59.3 Å². The maximum absolute atomic E-state index is 9.72. The van der Waals surface area contributed by atoms with Gasteiger partial charge >= 0.3 is 102 Å². The van der Waals surface area contributed by atoms with E-state index in [0.717, 1.165) is 0 Å². The molecule has 0 aromatic rings. The summed E-state index contributed by atoms with van der Waals surface area (Å²) in [6, 6.07) is 0. The number of hydrogen-bond acceptors (Lipinski definition) is 1. The Labute approximate surface area is 103 Å². The molecule has 16 heavy (non-hydrogen) atoms. The topological polar surface area (TPSA) is 23.8 Å². The summed E-state index contributed by atoms with van der Waals surface area (Å²) in [4.78, 5) is 0. The standard InChI is InChI=1S/C14H30NP/c1-5-8-11-16(4,14-15,12-9-6-2)13-10-7-3/h5-13H2,1-4H3. The average Bonchev–Trinajstić information content (AvgIpc) is 2.32. The van der Waals surface area contributed by atoms with Crippen molar-refractivity contribution in [1.29, 1.82) is 5.26 Å². The van der Waals surface area contributed by atoms with Crippen LogP contribution < -0.4 is 0 Å². The minimum atomic E-state index is -2.00. The quantitative estimate of drug-likeness (QED) is 0.520. The molecule has 0 rings (SSSR count). The van der Waals surface area contributed by atoms with Gasteiger partial charge in [0.1, 0.15) is 0 Å². The van der Waals surface area contributed by atoms with Gasteiger partial charge < -0.3 is 0 Å². The van der Waals surface area contributed by atoms with Gasteiger partial charge in [0.15, 0.2) is 0 Å². The number of nitrogens with zero attached hydrogens (tertiary/aromatic N) is 1. The number of nitriles is 1. The Balaban J connectivity index is 4.70. The Bertz CT molecular complexity index is 205. The van der Waals surface area contributed by atoms with Crippen molar-refractivity contribution >= 4 is 6.60 Å². The Morgan fingerprint density at radius 3 is 1.31 bits per heavy atom. The van der Waals surface area contributed by atoms with Crippen molar-refractivity contribution in [2.24, 2.45) is 0 Å². The molecule has 1 nitrogen and oxygen atoms in total. The molecule has 0 N–H and O–H groups in total. The molecule has 0 fully saturated rings. The monoisotopic (exact) mass is 243 g/mol. The second-order valence-electron chi connectivity index (χ2n) is 5.65. The zero-order valence-electron chi connectivity index (χ0n) is 11.8. The maximum atomic E-state index is 9.72. The summed E-state index contributed by atoms with van der Waals surface area (Å²) in [5, 5.41) is 9.72. The van der Waals surface area contributed by atoms with Crippen molar-refractivity contribution in [3.8, 4) is 5.81 Å². The van der Waals surface area contributed by atoms with E-state index in [1.165, 1.54) is 57.0 Å². The van der Waals surface area contributed by atoms with Crippen LogP contribution >= 0.6 is 6.60 Å². The van der Waals surface area contributed by atoms with Crippen LogP contribution in [0.3, 0.4) is 0 Å². The molecule has 0 bridgehead atoms. The van der Waals surface area contributed by atoms with Gasteiger partial charge in [0.05, 0.1) is 0 Å². The van der Waals surface area contributed by atoms with Crippen molar-refractivity contribution in [3.63, 3.8) is 0 Å². The summed E-state index contributed by atoms with van der Waals surface area (Å²) < 4.78 is 0. The first-order chi connectivity index (χ1) is 7.54. The summed E-state index contributed by atoms with van der Waals surface area (Å²) in [6.07, 6.45) is 11.0. The molecule has 2 heteroatoms. The van der Waals surface area contributed by atoms with Crippen LogP contribution in [-0.2, 0) is 0 Å². The van der Waals surface area contributed by atoms with Gasteiger partial charge in [0, 0.05) is 0 Å². The van der Waals surface area contributed by atoms with Crippen LogP contribution in [0.25, 0.3) is 0 Å². The molecule has 0 heterocycles. The molecule has 0 spiro atoms. The molecule has 0 aliphatic carbocycles. The van der Waals surface area contributed by atoms with Crippen LogP contribution in [0.2, 0.25) is 0 Å². The number of rotatable bonds is 9. The molecule has 0 aromatic heterocycles. The van der Waals surface area contributed by atoms with Crippen molar-refractivity contribution in [2.75, 3.05) is 25.2 Å². The van der Waals surface area contributed by atoms with Gasteiger partial charge in [-0.1, -0.05) is 0 Å². The second kappa shape index (κ2) is 7.29. The molecule has 0 amide bonds. The summed E-state index contributed by atoms with van der Waals surface area (Å²) in [5.41, 5.74) is 0. The Morgan fingerprint density at radius 1 is 0.812 bits per heavy atom. The van der Waals surface area contributed by atoms with E-state index in [2.05, 4.69) is 33.2 Å². The predicted molar refractivity (Wildman–Crippen MR) is 77.8 cm³/mol. The zero-order chi connectivity index (χ0) is 12.5. The van der Waals surface area contributed by atoms with E-state index < -0.39 is 6.60 Å². The summed E-state index contributed by atoms with van der Waals surface area (Å²) in [5.74, 6) is 2.83. The molecule has 0 aliphatic heterocycles. The Kier molecular flexibility index (Phi) is 7.25. The van der Waals surface area contributed by atoms with Gasteiger partial charge in [-0.25, -0.2) is 0 Å². The minimum absolute atomic E-state index is 1.21. The SMILES string of the molecule is CCCCP(C)(C#N)(CCCC)CCCC. The van der Waals surface area contributed by atoms with Gasteiger partial charge in [-0.05, 0) is 0 Å². The van der Waals surface area contributed by atoms with Crippen LogP contribution in [0, 0.1) is 11.1 Å². The van der Waals surface area contributed by atoms with Crippen molar-refractivity contribution in [1.82, 2.24) is 0 Å². The van der Waals surface area contributed by atoms with E-state index in [1.807, 2.05) is 0 Å². The number of hydrogen-bond donors (Lipinski definition) is 0. The van der Waals surface area contributed by atoms with Crippen LogP contribution in [0.5, 0.6) is 0 Å². The molecular formula is C14H30NP. The Morgan fingerprint density at radius 2 is 1.12 bits per heavy atom. The van der Waals surface area contributed by atoms with Crippen molar-refractivity contribution in [3.05, 3.63) is 0 Å². The summed E-state index contributed by atoms with van der Waals surface area (Å²) in [7, 11) is 0. The average molecular weight is 243 g/mol. The molecule has 0 radical (unpaired) electrons. The third-order valence-electron chi connectivity index (χ3n) is 3.80. The van der Waals surface area contributed by atoms with E-state index in [1.54, 1.807) is 0 Å². The first-order valence-electron chi connectivity index (χ1n) is 6.96. The Hall–Kier alpha value is -0.0800. The van der Waals surface area contributed by atoms with Gasteiger partial charge in [-0.15, -0.1) is 0 Å². The molecule has 0 atom stereocenters. The number of unbranched alkanes of at least 4 members (excludes halogenated alkanes) is 3. The van der Waals surface area contributed by atoms with Crippen LogP contribution in [0.1, 0.15) is 59.3 Å². The fourth-order valence-corrected chi connectivity index (χ4v) is 7.03. The zero-order valence-corrected chi connectivity index (χ0v) is 12.7. The van der Waals surface area contributed by atoms with Gasteiger partial charge in [-0.3, -0.25) is 0 Å². The second-order valence-corrected chi connectivity index (χ2v) is 11.8. The van der Waals surface area contributed by atoms with E-state index in [-0.39, 0.29) is 0 Å². The predicted octanol–water partition coefficient (Wildman–Crippen LogP) is 5.05. The first-order valence-corrected chi connectivity index (χ1v) is 10.2. The van der Waals surface area contributed by atoms with E-state index >= 15 is 0 Å². The van der Waals surface area contributed by atoms with Gasteiger partial charge in [0.25, 0.3) is 0 Å². The van der Waals surface area contributed by atoms with Crippen LogP contribution in [-0.4, -0.2) is 25.2 Å². The fourth-order valence-electron chi connectivity index (χ4n) is 2.34. The molecule has 0 aliphatic rings. The third-order valence-corrected chi connectivity index (χ3v) is 9.28. The third kappa shape index (κ3) is 4.84. The fraction of sp³-hybridized carbons (Fsp3) is 0.929. The normalized spacial score (nSPS) is 14.1. The molecule has 96 valence electrons. The summed E-state index contributed by atoms with van der Waals surface area (Å²) >= 11 is 0. The summed E-state index contributed by atoms with van der Waals surface area (Å²) in [6.45, 7) is 7.05. The van der Waals surface area contributed by atoms with E-state index in [9.17, 15) is 5.26 Å². The molecule has 0 saturated carbocycles. The van der Waals surface area contributed by atoms with E-state index in [4.69, 9.17) is 0 Å². The molecule has 0 aromatic carbocycles. The van der Waals surface area contributed by atoms with E-state index in [0.29, 0.717) is 0 Å². The van der Waals surface area contributed by atoms with Gasteiger partial charge in [0.2, 0.25) is 0 Å². The van der Waals surface area contributed by atoms with Crippen molar-refractivity contribution < 1.29 is 0 Å². The molecule has 0 unspecified atom stereocenters. The van der Waals surface area contributed by atoms with Gasteiger partial charge in [-0.2, -0.15) is 0 Å². The molecule has 0 saturated heterocycles. The molecular weight excluding hydrogens is 213 g/mol. The van der Waals surface area contributed by atoms with Crippen LogP contribution in [0.15, 0.2) is 0 Å².